The van der Waals surface area contributed by atoms with Crippen molar-refractivity contribution < 1.29 is 4.79 Å². The number of thiazole rings is 1. The third kappa shape index (κ3) is 4.76. The number of carbonyl (C=O) groups excluding carboxylic acids is 1. The molecule has 0 unspecified atom stereocenters. The van der Waals surface area contributed by atoms with Gasteiger partial charge in [-0.15, -0.1) is 11.3 Å². The lowest BCUT2D eigenvalue weighted by molar-refractivity contribution is -0.116. The fourth-order valence-corrected chi connectivity index (χ4v) is 4.27. The molecule has 3 rings (SSSR count). The van der Waals surface area contributed by atoms with Crippen molar-refractivity contribution in [1.29, 1.82) is 0 Å². The summed E-state index contributed by atoms with van der Waals surface area (Å²) >= 11 is 6.71. The molecule has 4 nitrogen and oxygen atoms in total. The Bertz CT molecular complexity index is 771. The van der Waals surface area contributed by atoms with Gasteiger partial charge in [-0.05, 0) is 46.6 Å². The fourth-order valence-electron chi connectivity index (χ4n) is 1.96. The van der Waals surface area contributed by atoms with E-state index in [1.165, 1.54) is 4.70 Å². The molecule has 0 saturated carbocycles. The zero-order valence-corrected chi connectivity index (χ0v) is 15.4. The lowest BCUT2D eigenvalue weighted by Crippen LogP contribution is -2.12. The summed E-state index contributed by atoms with van der Waals surface area (Å²) in [5, 5.41) is 2.80. The van der Waals surface area contributed by atoms with Crippen molar-refractivity contribution in [2.24, 2.45) is 0 Å². The van der Waals surface area contributed by atoms with Crippen LogP contribution in [0.2, 0.25) is 0 Å². The molecule has 2 aromatic heterocycles. The van der Waals surface area contributed by atoms with Crippen molar-refractivity contribution in [2.75, 3.05) is 11.1 Å². The molecule has 7 heteroatoms. The second kappa shape index (κ2) is 7.90. The minimum atomic E-state index is -0.00952. The second-order valence-electron chi connectivity index (χ2n) is 4.81. The van der Waals surface area contributed by atoms with Crippen LogP contribution in [0.3, 0.4) is 0 Å². The smallest absolute Gasteiger partial charge is 0.225 e. The number of nitrogens with zero attached hydrogens (tertiary/aromatic N) is 2. The van der Waals surface area contributed by atoms with Crippen molar-refractivity contribution in [3.05, 3.63) is 47.1 Å². The Kier molecular flexibility index (Phi) is 5.64. The van der Waals surface area contributed by atoms with Crippen LogP contribution >= 0.6 is 39.0 Å². The van der Waals surface area contributed by atoms with E-state index < -0.39 is 0 Å². The number of fused-ring (bicyclic) bond motifs is 1. The first-order valence-corrected chi connectivity index (χ1v) is 9.70. The standard InChI is InChI=1S/C16H14BrN3OS2/c17-11-7-8-14(18-10-11)20-15(21)6-3-9-22-16-19-12-4-1-2-5-13(12)23-16/h1-2,4-5,7-8,10H,3,6,9H2,(H,18,20,21). The summed E-state index contributed by atoms with van der Waals surface area (Å²) in [5.41, 5.74) is 1.04. The Labute approximate surface area is 150 Å². The van der Waals surface area contributed by atoms with E-state index in [2.05, 4.69) is 37.3 Å². The van der Waals surface area contributed by atoms with Crippen LogP contribution in [0.4, 0.5) is 5.82 Å². The number of hydrogen-bond donors (Lipinski definition) is 1. The number of aromatic nitrogens is 2. The van der Waals surface area contributed by atoms with E-state index in [1.54, 1.807) is 35.4 Å². The third-order valence-corrected chi connectivity index (χ3v) is 5.78. The van der Waals surface area contributed by atoms with Gasteiger partial charge in [0.1, 0.15) is 5.82 Å². The first-order valence-electron chi connectivity index (χ1n) is 7.10. The molecule has 0 saturated heterocycles. The summed E-state index contributed by atoms with van der Waals surface area (Å²) in [6.45, 7) is 0. The van der Waals surface area contributed by atoms with Gasteiger partial charge in [-0.25, -0.2) is 9.97 Å². The Hall–Kier alpha value is -1.44. The summed E-state index contributed by atoms with van der Waals surface area (Å²) in [6.07, 6.45) is 2.96. The molecular weight excluding hydrogens is 394 g/mol. The Morgan fingerprint density at radius 3 is 2.91 bits per heavy atom. The molecule has 0 bridgehead atoms. The molecular formula is C16H14BrN3OS2. The first-order chi connectivity index (χ1) is 11.2. The van der Waals surface area contributed by atoms with Crippen LogP contribution in [0.1, 0.15) is 12.8 Å². The molecule has 0 aliphatic heterocycles. The highest BCUT2D eigenvalue weighted by molar-refractivity contribution is 9.10. The van der Waals surface area contributed by atoms with Crippen LogP contribution in [0.25, 0.3) is 10.2 Å². The van der Waals surface area contributed by atoms with Crippen molar-refractivity contribution in [3.8, 4) is 0 Å². The van der Waals surface area contributed by atoms with Crippen LogP contribution in [-0.4, -0.2) is 21.6 Å². The average molecular weight is 408 g/mol. The van der Waals surface area contributed by atoms with Gasteiger partial charge in [-0.3, -0.25) is 4.79 Å². The minimum Gasteiger partial charge on any atom is -0.311 e. The van der Waals surface area contributed by atoms with Gasteiger partial charge in [-0.2, -0.15) is 0 Å². The molecule has 1 N–H and O–H groups in total. The number of nitrogens with one attached hydrogen (secondary N) is 1. The van der Waals surface area contributed by atoms with Crippen LogP contribution in [0, 0.1) is 0 Å². The quantitative estimate of drug-likeness (QED) is 0.463. The van der Waals surface area contributed by atoms with Gasteiger partial charge in [-0.1, -0.05) is 23.9 Å². The second-order valence-corrected chi connectivity index (χ2v) is 8.10. The van der Waals surface area contributed by atoms with Gasteiger partial charge in [0.05, 0.1) is 10.2 Å². The summed E-state index contributed by atoms with van der Waals surface area (Å²) in [7, 11) is 0. The zero-order chi connectivity index (χ0) is 16.1. The molecule has 1 aromatic carbocycles. The van der Waals surface area contributed by atoms with Gasteiger partial charge < -0.3 is 5.32 Å². The fraction of sp³-hybridized carbons (Fsp3) is 0.188. The number of pyridine rings is 1. The van der Waals surface area contributed by atoms with E-state index in [0.29, 0.717) is 12.2 Å². The molecule has 0 spiro atoms. The lowest BCUT2D eigenvalue weighted by atomic mass is 10.3. The van der Waals surface area contributed by atoms with E-state index in [-0.39, 0.29) is 5.91 Å². The third-order valence-electron chi connectivity index (χ3n) is 3.04. The van der Waals surface area contributed by atoms with Crippen LogP contribution < -0.4 is 5.32 Å². The molecule has 3 aromatic rings. The highest BCUT2D eigenvalue weighted by atomic mass is 79.9. The number of rotatable bonds is 6. The van der Waals surface area contributed by atoms with Gasteiger partial charge in [0.2, 0.25) is 5.91 Å². The van der Waals surface area contributed by atoms with Crippen molar-refractivity contribution in [3.63, 3.8) is 0 Å². The summed E-state index contributed by atoms with van der Waals surface area (Å²) in [5.74, 6) is 1.45. The van der Waals surface area contributed by atoms with Gasteiger partial charge in [0, 0.05) is 22.8 Å². The highest BCUT2D eigenvalue weighted by Gasteiger charge is 2.06. The number of anilines is 1. The normalized spacial score (nSPS) is 10.8. The van der Waals surface area contributed by atoms with E-state index in [0.717, 1.165) is 26.5 Å². The average Bonchev–Trinajstić information content (AvgIpc) is 2.96. The number of hydrogen-bond acceptors (Lipinski definition) is 5. The molecule has 0 aliphatic rings. The summed E-state index contributed by atoms with van der Waals surface area (Å²) in [6, 6.07) is 11.8. The predicted molar refractivity (Wildman–Crippen MR) is 100 cm³/mol. The monoisotopic (exact) mass is 407 g/mol. The van der Waals surface area contributed by atoms with Crippen molar-refractivity contribution in [1.82, 2.24) is 9.97 Å². The van der Waals surface area contributed by atoms with E-state index >= 15 is 0 Å². The molecule has 118 valence electrons. The van der Waals surface area contributed by atoms with E-state index in [1.807, 2.05) is 24.3 Å². The van der Waals surface area contributed by atoms with Gasteiger partial charge in [0.25, 0.3) is 0 Å². The molecule has 0 radical (unpaired) electrons. The first kappa shape index (κ1) is 16.4. The van der Waals surface area contributed by atoms with Crippen LogP contribution in [-0.2, 0) is 4.79 Å². The maximum absolute atomic E-state index is 11.9. The summed E-state index contributed by atoms with van der Waals surface area (Å²) in [4.78, 5) is 20.6. The Morgan fingerprint density at radius 1 is 1.26 bits per heavy atom. The van der Waals surface area contributed by atoms with Gasteiger partial charge in [0.15, 0.2) is 4.34 Å². The number of thioether (sulfide) groups is 1. The minimum absolute atomic E-state index is 0.00952. The molecule has 2 heterocycles. The van der Waals surface area contributed by atoms with E-state index in [9.17, 15) is 4.79 Å². The number of halogens is 1. The van der Waals surface area contributed by atoms with Crippen LogP contribution in [0.5, 0.6) is 0 Å². The van der Waals surface area contributed by atoms with Crippen LogP contribution in [0.15, 0.2) is 51.4 Å². The molecule has 23 heavy (non-hydrogen) atoms. The molecule has 0 fully saturated rings. The number of benzene rings is 1. The van der Waals surface area contributed by atoms with E-state index in [4.69, 9.17) is 0 Å². The molecule has 1 amide bonds. The van der Waals surface area contributed by atoms with Crippen molar-refractivity contribution >= 4 is 61.0 Å². The number of carbonyl (C=O) groups is 1. The van der Waals surface area contributed by atoms with Crippen molar-refractivity contribution in [2.45, 2.75) is 17.2 Å². The number of amides is 1. The molecule has 0 atom stereocenters. The Morgan fingerprint density at radius 2 is 2.13 bits per heavy atom. The topological polar surface area (TPSA) is 54.9 Å². The summed E-state index contributed by atoms with van der Waals surface area (Å²) < 4.78 is 3.15. The largest absolute Gasteiger partial charge is 0.311 e. The number of para-hydroxylation sites is 1. The highest BCUT2D eigenvalue weighted by Crippen LogP contribution is 2.29. The SMILES string of the molecule is O=C(CCCSc1nc2ccccc2s1)Nc1ccc(Br)cn1. The zero-order valence-electron chi connectivity index (χ0n) is 12.2. The molecule has 0 aliphatic carbocycles. The maximum atomic E-state index is 11.9. The van der Waals surface area contributed by atoms with Gasteiger partial charge >= 0.3 is 0 Å². The predicted octanol–water partition coefficient (Wildman–Crippen LogP) is 4.96. The lowest BCUT2D eigenvalue weighted by Gasteiger charge is -2.03. The maximum Gasteiger partial charge on any atom is 0.225 e. The Balaban J connectivity index is 1.42.